The number of amides is 1. The number of hydrogen-bond acceptors (Lipinski definition) is 7. The molecule has 3 aromatic rings. The Morgan fingerprint density at radius 2 is 1.75 bits per heavy atom. The zero-order valence-corrected chi connectivity index (χ0v) is 19.7. The molecule has 3 rings (SSSR count). The van der Waals surface area contributed by atoms with Crippen LogP contribution in [0.15, 0.2) is 52.1 Å². The third kappa shape index (κ3) is 5.84. The Labute approximate surface area is 201 Å². The van der Waals surface area contributed by atoms with E-state index in [1.54, 1.807) is 11.4 Å². The quantitative estimate of drug-likeness (QED) is 0.289. The number of anilines is 2. The van der Waals surface area contributed by atoms with E-state index < -0.39 is 34.3 Å². The van der Waals surface area contributed by atoms with Crippen LogP contribution in [0.2, 0.25) is 15.1 Å². The normalized spacial score (nSPS) is 11.1. The van der Waals surface area contributed by atoms with Gasteiger partial charge in [0.1, 0.15) is 15.5 Å². The molecule has 0 aliphatic heterocycles. The van der Waals surface area contributed by atoms with Crippen molar-refractivity contribution in [2.75, 3.05) is 16.6 Å². The van der Waals surface area contributed by atoms with Gasteiger partial charge in [-0.1, -0.05) is 40.9 Å². The van der Waals surface area contributed by atoms with Crippen LogP contribution in [0.4, 0.5) is 11.4 Å². The second kappa shape index (κ2) is 9.97. The number of hydrogen-bond donors (Lipinski definition) is 3. The topological polar surface area (TPSA) is 122 Å². The molecule has 0 saturated heterocycles. The summed E-state index contributed by atoms with van der Waals surface area (Å²) in [5, 5.41) is 14.4. The van der Waals surface area contributed by atoms with E-state index in [0.29, 0.717) is 0 Å². The lowest BCUT2D eigenvalue weighted by Crippen LogP contribution is -2.21. The number of aromatic hydroxyl groups is 1. The minimum Gasteiger partial charge on any atom is -0.507 e. The molecule has 1 aromatic heterocycles. The highest BCUT2D eigenvalue weighted by molar-refractivity contribution is 7.94. The zero-order chi connectivity index (χ0) is 23.5. The molecule has 13 heteroatoms. The highest BCUT2D eigenvalue weighted by Crippen LogP contribution is 2.33. The van der Waals surface area contributed by atoms with Crippen molar-refractivity contribution in [3.05, 3.63) is 68.5 Å². The predicted octanol–water partition coefficient (Wildman–Crippen LogP) is 5.01. The number of benzene rings is 2. The Kier molecular flexibility index (Phi) is 7.52. The van der Waals surface area contributed by atoms with E-state index in [2.05, 4.69) is 10.0 Å². The number of rotatable bonds is 7. The molecule has 0 bridgehead atoms. The van der Waals surface area contributed by atoms with Gasteiger partial charge in [-0.3, -0.25) is 9.52 Å². The lowest BCUT2D eigenvalue weighted by atomic mass is 10.2. The number of sulfonamides is 1. The van der Waals surface area contributed by atoms with E-state index in [1.165, 1.54) is 24.3 Å². The van der Waals surface area contributed by atoms with E-state index in [1.807, 2.05) is 0 Å². The summed E-state index contributed by atoms with van der Waals surface area (Å²) < 4.78 is 31.9. The van der Waals surface area contributed by atoms with Gasteiger partial charge in [0.2, 0.25) is 0 Å². The fourth-order valence-electron chi connectivity index (χ4n) is 2.43. The average molecular weight is 536 g/mol. The SMILES string of the molecule is O=C(COC(=O)c1cc(NS(=O)(=O)c2cccs2)ccc1O)Nc1c(Cl)cc(Cl)cc1Cl. The first-order chi connectivity index (χ1) is 15.1. The summed E-state index contributed by atoms with van der Waals surface area (Å²) >= 11 is 18.8. The molecule has 168 valence electrons. The van der Waals surface area contributed by atoms with E-state index >= 15 is 0 Å². The minimum absolute atomic E-state index is 0.0207. The van der Waals surface area contributed by atoms with Crippen LogP contribution in [-0.4, -0.2) is 32.0 Å². The molecular formula is C19H13Cl3N2O6S2. The summed E-state index contributed by atoms with van der Waals surface area (Å²) in [4.78, 5) is 24.5. The maximum atomic E-state index is 12.3. The van der Waals surface area contributed by atoms with E-state index in [9.17, 15) is 23.1 Å². The molecule has 32 heavy (non-hydrogen) atoms. The number of phenols is 1. The number of carbonyl (C=O) groups is 2. The van der Waals surface area contributed by atoms with Crippen molar-refractivity contribution >= 4 is 79.4 Å². The van der Waals surface area contributed by atoms with Gasteiger partial charge in [-0.05, 0) is 41.8 Å². The van der Waals surface area contributed by atoms with Crippen LogP contribution in [0, 0.1) is 0 Å². The number of nitrogens with one attached hydrogen (secondary N) is 2. The molecule has 0 radical (unpaired) electrons. The van der Waals surface area contributed by atoms with Gasteiger partial charge in [0.15, 0.2) is 6.61 Å². The second-order valence-electron chi connectivity index (χ2n) is 6.14. The van der Waals surface area contributed by atoms with E-state index in [0.717, 1.165) is 23.5 Å². The molecule has 0 atom stereocenters. The molecule has 0 spiro atoms. The summed E-state index contributed by atoms with van der Waals surface area (Å²) in [7, 11) is -3.86. The third-order valence-electron chi connectivity index (χ3n) is 3.83. The molecule has 3 N–H and O–H groups in total. The molecule has 0 unspecified atom stereocenters. The Morgan fingerprint density at radius 1 is 1.06 bits per heavy atom. The maximum Gasteiger partial charge on any atom is 0.342 e. The number of thiophene rings is 1. The Balaban J connectivity index is 1.67. The molecule has 0 aliphatic rings. The fraction of sp³-hybridized carbons (Fsp3) is 0.0526. The molecule has 2 aromatic carbocycles. The smallest absolute Gasteiger partial charge is 0.342 e. The molecule has 1 heterocycles. The Hall–Kier alpha value is -2.50. The summed E-state index contributed by atoms with van der Waals surface area (Å²) in [6.45, 7) is -0.724. The lowest BCUT2D eigenvalue weighted by Gasteiger charge is -2.11. The largest absolute Gasteiger partial charge is 0.507 e. The van der Waals surface area contributed by atoms with Gasteiger partial charge in [0.05, 0.1) is 15.7 Å². The van der Waals surface area contributed by atoms with Crippen molar-refractivity contribution in [2.45, 2.75) is 4.21 Å². The van der Waals surface area contributed by atoms with Crippen molar-refractivity contribution in [3.8, 4) is 5.75 Å². The molecule has 0 saturated carbocycles. The van der Waals surface area contributed by atoms with Gasteiger partial charge < -0.3 is 15.2 Å². The summed E-state index contributed by atoms with van der Waals surface area (Å²) in [6.07, 6.45) is 0. The first-order valence-electron chi connectivity index (χ1n) is 8.57. The highest BCUT2D eigenvalue weighted by atomic mass is 35.5. The van der Waals surface area contributed by atoms with Crippen molar-refractivity contribution in [1.29, 1.82) is 0 Å². The van der Waals surface area contributed by atoms with Gasteiger partial charge in [-0.25, -0.2) is 13.2 Å². The van der Waals surface area contributed by atoms with Crippen LogP contribution in [0.3, 0.4) is 0 Å². The van der Waals surface area contributed by atoms with Crippen molar-refractivity contribution in [1.82, 2.24) is 0 Å². The second-order valence-corrected chi connectivity index (χ2v) is 10.2. The zero-order valence-electron chi connectivity index (χ0n) is 15.8. The number of carbonyl (C=O) groups excluding carboxylic acids is 2. The molecule has 0 fully saturated rings. The van der Waals surface area contributed by atoms with Crippen molar-refractivity contribution in [3.63, 3.8) is 0 Å². The predicted molar refractivity (Wildman–Crippen MR) is 124 cm³/mol. The van der Waals surface area contributed by atoms with Crippen LogP contribution < -0.4 is 10.0 Å². The number of ether oxygens (including phenoxy) is 1. The van der Waals surface area contributed by atoms with Gasteiger partial charge in [0.25, 0.3) is 15.9 Å². The van der Waals surface area contributed by atoms with Gasteiger partial charge >= 0.3 is 5.97 Å². The fourth-order valence-corrected chi connectivity index (χ4v) is 5.38. The summed E-state index contributed by atoms with van der Waals surface area (Å²) in [5.74, 6) is -2.26. The minimum atomic E-state index is -3.86. The molecule has 0 aliphatic carbocycles. The van der Waals surface area contributed by atoms with Crippen LogP contribution in [0.5, 0.6) is 5.75 Å². The number of esters is 1. The maximum absolute atomic E-state index is 12.3. The van der Waals surface area contributed by atoms with Crippen molar-refractivity contribution < 1.29 is 27.9 Å². The van der Waals surface area contributed by atoms with Gasteiger partial charge in [-0.2, -0.15) is 0 Å². The van der Waals surface area contributed by atoms with Crippen LogP contribution in [0.1, 0.15) is 10.4 Å². The number of halogens is 3. The molecular weight excluding hydrogens is 523 g/mol. The molecule has 1 amide bonds. The Bertz CT molecular complexity index is 1260. The summed E-state index contributed by atoms with van der Waals surface area (Å²) in [6, 6.07) is 9.22. The Morgan fingerprint density at radius 3 is 2.38 bits per heavy atom. The van der Waals surface area contributed by atoms with Crippen LogP contribution in [0.25, 0.3) is 0 Å². The summed E-state index contributed by atoms with van der Waals surface area (Å²) in [5.41, 5.74) is -0.231. The van der Waals surface area contributed by atoms with Gasteiger partial charge in [-0.15, -0.1) is 11.3 Å². The number of phenolic OH excluding ortho intramolecular Hbond substituents is 1. The monoisotopic (exact) mass is 534 g/mol. The standard InChI is InChI=1S/C19H13Cl3N2O6S2/c20-10-6-13(21)18(14(22)7-10)23-16(26)9-30-19(27)12-8-11(3-4-15(12)25)24-32(28,29)17-2-1-5-31-17/h1-8,24-25H,9H2,(H,23,26). The van der Waals surface area contributed by atoms with Crippen LogP contribution in [-0.2, 0) is 19.6 Å². The lowest BCUT2D eigenvalue weighted by molar-refractivity contribution is -0.119. The van der Waals surface area contributed by atoms with Crippen LogP contribution >= 0.6 is 46.1 Å². The van der Waals surface area contributed by atoms with E-state index in [-0.39, 0.29) is 36.2 Å². The highest BCUT2D eigenvalue weighted by Gasteiger charge is 2.20. The van der Waals surface area contributed by atoms with E-state index in [4.69, 9.17) is 39.5 Å². The third-order valence-corrected chi connectivity index (χ3v) is 7.43. The molecule has 8 nitrogen and oxygen atoms in total. The average Bonchev–Trinajstić information content (AvgIpc) is 3.26. The van der Waals surface area contributed by atoms with Gasteiger partial charge in [0, 0.05) is 10.7 Å². The first-order valence-corrected chi connectivity index (χ1v) is 12.1. The van der Waals surface area contributed by atoms with Crippen molar-refractivity contribution in [2.24, 2.45) is 0 Å². The first kappa shape index (κ1) is 24.1.